The van der Waals surface area contributed by atoms with E-state index in [1.807, 2.05) is 0 Å². The summed E-state index contributed by atoms with van der Waals surface area (Å²) in [5, 5.41) is 12.8. The summed E-state index contributed by atoms with van der Waals surface area (Å²) in [6, 6.07) is 3.78. The second-order valence-electron chi connectivity index (χ2n) is 6.44. The van der Waals surface area contributed by atoms with Crippen molar-refractivity contribution in [2.24, 2.45) is 5.73 Å². The molecule has 25 heavy (non-hydrogen) atoms. The summed E-state index contributed by atoms with van der Waals surface area (Å²) >= 11 is 0. The molecule has 1 aromatic carbocycles. The van der Waals surface area contributed by atoms with Crippen LogP contribution in [-0.4, -0.2) is 62.1 Å². The predicted octanol–water partition coefficient (Wildman–Crippen LogP) is 0.0227. The Bertz CT molecular complexity index is 746. The first-order valence-electron chi connectivity index (χ1n) is 8.35. The van der Waals surface area contributed by atoms with Gasteiger partial charge in [-0.2, -0.15) is 4.31 Å². The van der Waals surface area contributed by atoms with E-state index in [2.05, 4.69) is 5.32 Å². The van der Waals surface area contributed by atoms with E-state index < -0.39 is 15.9 Å². The van der Waals surface area contributed by atoms with Crippen LogP contribution in [-0.2, 0) is 14.8 Å². The van der Waals surface area contributed by atoms with Crippen molar-refractivity contribution in [3.05, 3.63) is 23.8 Å². The summed E-state index contributed by atoms with van der Waals surface area (Å²) in [7, 11) is -3.73. The maximum absolute atomic E-state index is 12.7. The number of nitrogens with one attached hydrogen (secondary N) is 1. The van der Waals surface area contributed by atoms with Crippen molar-refractivity contribution in [1.82, 2.24) is 9.62 Å². The first-order valence-corrected chi connectivity index (χ1v) is 9.79. The smallest absolute Gasteiger partial charge is 0.255 e. The normalized spacial score (nSPS) is 25.0. The molecular formula is C16H23N3O5S. The number of phenolic OH excluding ortho intramolecular Hbond substituents is 1. The lowest BCUT2D eigenvalue weighted by Crippen LogP contribution is -2.40. The summed E-state index contributed by atoms with van der Waals surface area (Å²) in [6.07, 6.45) is 2.29. The van der Waals surface area contributed by atoms with Gasteiger partial charge in [-0.15, -0.1) is 0 Å². The molecule has 2 atom stereocenters. The maximum Gasteiger partial charge on any atom is 0.255 e. The zero-order chi connectivity index (χ0) is 18.0. The molecule has 2 aliphatic rings. The summed E-state index contributed by atoms with van der Waals surface area (Å²) in [5.74, 6) is -0.739. The molecule has 1 saturated carbocycles. The number of nitrogens with zero attached hydrogens (tertiary/aromatic N) is 1. The zero-order valence-electron chi connectivity index (χ0n) is 13.8. The van der Waals surface area contributed by atoms with Crippen LogP contribution >= 0.6 is 0 Å². The number of hydrogen-bond donors (Lipinski definition) is 3. The molecule has 1 saturated heterocycles. The van der Waals surface area contributed by atoms with Crippen LogP contribution in [0.1, 0.15) is 29.6 Å². The average molecular weight is 369 g/mol. The van der Waals surface area contributed by atoms with Crippen LogP contribution in [0.2, 0.25) is 0 Å². The third kappa shape index (κ3) is 3.95. The van der Waals surface area contributed by atoms with Crippen LogP contribution in [0.15, 0.2) is 23.1 Å². The molecule has 2 fully saturated rings. The van der Waals surface area contributed by atoms with Crippen LogP contribution in [0, 0.1) is 0 Å². The Morgan fingerprint density at radius 2 is 2.00 bits per heavy atom. The minimum absolute atomic E-state index is 0.0135. The van der Waals surface area contributed by atoms with Gasteiger partial charge in [-0.25, -0.2) is 8.42 Å². The number of rotatable bonds is 4. The average Bonchev–Trinajstić information content (AvgIpc) is 3.00. The molecule has 8 nitrogen and oxygen atoms in total. The highest BCUT2D eigenvalue weighted by atomic mass is 32.2. The molecule has 0 unspecified atom stereocenters. The van der Waals surface area contributed by atoms with Crippen LogP contribution in [0.5, 0.6) is 5.75 Å². The topological polar surface area (TPSA) is 122 Å². The van der Waals surface area contributed by atoms with Gasteiger partial charge in [0.1, 0.15) is 5.75 Å². The van der Waals surface area contributed by atoms with Crippen molar-refractivity contribution >= 4 is 15.9 Å². The Labute approximate surface area is 147 Å². The Hall–Kier alpha value is -1.68. The number of carbonyl (C=O) groups excluding carboxylic acids is 1. The minimum atomic E-state index is -3.73. The monoisotopic (exact) mass is 369 g/mol. The zero-order valence-corrected chi connectivity index (χ0v) is 14.7. The van der Waals surface area contributed by atoms with Gasteiger partial charge in [-0.05, 0) is 37.5 Å². The standard InChI is InChI=1S/C16H23N3O5S/c17-11-1-2-12(9-11)18-16(21)14-10-13(3-4-15(14)20)25(22,23)19-5-7-24-8-6-19/h3-4,10-12,20H,1-2,5-9,17H2,(H,18,21)/t11-,12-/m0/s1. The summed E-state index contributed by atoms with van der Waals surface area (Å²) < 4.78 is 31.9. The van der Waals surface area contributed by atoms with E-state index in [-0.39, 0.29) is 41.4 Å². The number of hydrogen-bond acceptors (Lipinski definition) is 6. The first kappa shape index (κ1) is 18.1. The molecule has 1 aliphatic carbocycles. The molecule has 138 valence electrons. The van der Waals surface area contributed by atoms with Crippen molar-refractivity contribution in [1.29, 1.82) is 0 Å². The Balaban J connectivity index is 1.81. The second-order valence-corrected chi connectivity index (χ2v) is 8.38. The van der Waals surface area contributed by atoms with Crippen molar-refractivity contribution in [3.8, 4) is 5.75 Å². The van der Waals surface area contributed by atoms with Gasteiger partial charge in [0.2, 0.25) is 10.0 Å². The number of nitrogens with two attached hydrogens (primary N) is 1. The lowest BCUT2D eigenvalue weighted by atomic mass is 10.1. The molecular weight excluding hydrogens is 346 g/mol. The van der Waals surface area contributed by atoms with Crippen molar-refractivity contribution in [2.75, 3.05) is 26.3 Å². The Morgan fingerprint density at radius 1 is 1.28 bits per heavy atom. The van der Waals surface area contributed by atoms with Crippen molar-refractivity contribution in [2.45, 2.75) is 36.2 Å². The molecule has 0 spiro atoms. The van der Waals surface area contributed by atoms with E-state index in [9.17, 15) is 18.3 Å². The van der Waals surface area contributed by atoms with Gasteiger partial charge in [0.15, 0.2) is 0 Å². The fourth-order valence-corrected chi connectivity index (χ4v) is 4.64. The highest BCUT2D eigenvalue weighted by Gasteiger charge is 2.29. The number of phenols is 1. The van der Waals surface area contributed by atoms with Crippen molar-refractivity contribution < 1.29 is 23.1 Å². The van der Waals surface area contributed by atoms with E-state index >= 15 is 0 Å². The lowest BCUT2D eigenvalue weighted by molar-refractivity contribution is 0.0730. The Kier molecular flexibility index (Phi) is 5.28. The van der Waals surface area contributed by atoms with Gasteiger partial charge < -0.3 is 20.9 Å². The number of ether oxygens (including phenoxy) is 1. The quantitative estimate of drug-likeness (QED) is 0.688. The lowest BCUT2D eigenvalue weighted by Gasteiger charge is -2.26. The van der Waals surface area contributed by atoms with Gasteiger partial charge in [0, 0.05) is 25.2 Å². The van der Waals surface area contributed by atoms with E-state index in [1.165, 1.54) is 22.5 Å². The van der Waals surface area contributed by atoms with E-state index in [1.54, 1.807) is 0 Å². The molecule has 1 aromatic rings. The number of benzene rings is 1. The molecule has 1 heterocycles. The summed E-state index contributed by atoms with van der Waals surface area (Å²) in [4.78, 5) is 12.4. The largest absolute Gasteiger partial charge is 0.507 e. The number of amides is 1. The van der Waals surface area contributed by atoms with Crippen LogP contribution in [0.25, 0.3) is 0 Å². The minimum Gasteiger partial charge on any atom is -0.507 e. The van der Waals surface area contributed by atoms with E-state index in [0.717, 1.165) is 12.8 Å². The first-order chi connectivity index (χ1) is 11.9. The molecule has 0 radical (unpaired) electrons. The molecule has 1 amide bonds. The van der Waals surface area contributed by atoms with E-state index in [4.69, 9.17) is 10.5 Å². The molecule has 4 N–H and O–H groups in total. The fourth-order valence-electron chi connectivity index (χ4n) is 3.20. The predicted molar refractivity (Wildman–Crippen MR) is 90.8 cm³/mol. The SMILES string of the molecule is N[C@H]1CC[C@H](NC(=O)c2cc(S(=O)(=O)N3CCOCC3)ccc2O)C1. The van der Waals surface area contributed by atoms with Crippen LogP contribution in [0.4, 0.5) is 0 Å². The molecule has 0 aromatic heterocycles. The van der Waals surface area contributed by atoms with Gasteiger partial charge in [-0.1, -0.05) is 0 Å². The highest BCUT2D eigenvalue weighted by Crippen LogP contribution is 2.25. The number of aromatic hydroxyl groups is 1. The number of sulfonamides is 1. The highest BCUT2D eigenvalue weighted by molar-refractivity contribution is 7.89. The Morgan fingerprint density at radius 3 is 2.64 bits per heavy atom. The molecule has 1 aliphatic heterocycles. The third-order valence-electron chi connectivity index (χ3n) is 4.63. The van der Waals surface area contributed by atoms with Gasteiger partial charge in [0.05, 0.1) is 23.7 Å². The van der Waals surface area contributed by atoms with Gasteiger partial charge in [0.25, 0.3) is 5.91 Å². The second kappa shape index (κ2) is 7.28. The molecule has 9 heteroatoms. The molecule has 3 rings (SSSR count). The third-order valence-corrected chi connectivity index (χ3v) is 6.52. The van der Waals surface area contributed by atoms with Crippen LogP contribution in [0.3, 0.4) is 0 Å². The van der Waals surface area contributed by atoms with Crippen LogP contribution < -0.4 is 11.1 Å². The van der Waals surface area contributed by atoms with Crippen molar-refractivity contribution in [3.63, 3.8) is 0 Å². The molecule has 0 bridgehead atoms. The fraction of sp³-hybridized carbons (Fsp3) is 0.562. The van der Waals surface area contributed by atoms with Gasteiger partial charge >= 0.3 is 0 Å². The summed E-state index contributed by atoms with van der Waals surface area (Å²) in [6.45, 7) is 1.22. The van der Waals surface area contributed by atoms with Gasteiger partial charge in [-0.3, -0.25) is 4.79 Å². The summed E-state index contributed by atoms with van der Waals surface area (Å²) in [5.41, 5.74) is 5.79. The van der Waals surface area contributed by atoms with E-state index in [0.29, 0.717) is 19.6 Å². The number of morpholine rings is 1. The number of carbonyl (C=O) groups is 1. The maximum atomic E-state index is 12.7.